The minimum absolute atomic E-state index is 0.0196. The van der Waals surface area contributed by atoms with Gasteiger partial charge in [0.2, 0.25) is 5.88 Å². The summed E-state index contributed by atoms with van der Waals surface area (Å²) in [7, 11) is 0. The molecule has 1 aromatic rings. The summed E-state index contributed by atoms with van der Waals surface area (Å²) in [5.74, 6) is 0.930. The van der Waals surface area contributed by atoms with Crippen LogP contribution in [0.2, 0.25) is 5.15 Å². The van der Waals surface area contributed by atoms with Crippen molar-refractivity contribution < 1.29 is 14.3 Å². The highest BCUT2D eigenvalue weighted by Crippen LogP contribution is 2.48. The van der Waals surface area contributed by atoms with Crippen LogP contribution < -0.4 is 4.74 Å². The first-order valence-electron chi connectivity index (χ1n) is 7.49. The van der Waals surface area contributed by atoms with Gasteiger partial charge < -0.3 is 14.4 Å². The van der Waals surface area contributed by atoms with Gasteiger partial charge in [-0.25, -0.2) is 9.78 Å². The molecule has 2 fully saturated rings. The standard InChI is InChI=1S/C16H18ClN3O3/c1-16(2,3)23-15(21)20-7-10-11(8-20)14(10)22-13-5-9(6-18)4-12(17)19-13/h4-5,10-11,14H,7-8H2,1-3H3/t10-,11+,14?. The highest BCUT2D eigenvalue weighted by Gasteiger charge is 2.59. The molecule has 6 nitrogen and oxygen atoms in total. The van der Waals surface area contributed by atoms with Gasteiger partial charge in [-0.15, -0.1) is 0 Å². The summed E-state index contributed by atoms with van der Waals surface area (Å²) in [6, 6.07) is 5.09. The third kappa shape index (κ3) is 3.50. The summed E-state index contributed by atoms with van der Waals surface area (Å²) in [6.07, 6.45) is -0.262. The molecular formula is C16H18ClN3O3. The quantitative estimate of drug-likeness (QED) is 0.777. The molecule has 1 saturated carbocycles. The maximum Gasteiger partial charge on any atom is 0.410 e. The molecule has 1 aliphatic carbocycles. The molecule has 122 valence electrons. The molecule has 0 spiro atoms. The number of hydrogen-bond donors (Lipinski definition) is 0. The molecule has 1 saturated heterocycles. The van der Waals surface area contributed by atoms with Gasteiger partial charge in [-0.1, -0.05) is 11.6 Å². The Kier molecular flexibility index (Phi) is 3.85. The molecule has 1 aliphatic heterocycles. The predicted molar refractivity (Wildman–Crippen MR) is 83.2 cm³/mol. The molecule has 0 bridgehead atoms. The van der Waals surface area contributed by atoms with E-state index in [1.807, 2.05) is 26.8 Å². The molecule has 2 aliphatic rings. The minimum atomic E-state index is -0.488. The summed E-state index contributed by atoms with van der Waals surface area (Å²) in [5, 5.41) is 9.17. The number of pyridine rings is 1. The molecule has 1 aromatic heterocycles. The maximum atomic E-state index is 12.0. The second-order valence-corrected chi connectivity index (χ2v) is 7.31. The van der Waals surface area contributed by atoms with E-state index < -0.39 is 5.60 Å². The van der Waals surface area contributed by atoms with E-state index in [0.29, 0.717) is 24.5 Å². The van der Waals surface area contributed by atoms with Gasteiger partial charge in [-0.2, -0.15) is 5.26 Å². The van der Waals surface area contributed by atoms with Crippen molar-refractivity contribution in [2.75, 3.05) is 13.1 Å². The van der Waals surface area contributed by atoms with Gasteiger partial charge in [0.25, 0.3) is 0 Å². The van der Waals surface area contributed by atoms with E-state index in [1.165, 1.54) is 6.07 Å². The lowest BCUT2D eigenvalue weighted by Gasteiger charge is -2.25. The third-order valence-electron chi connectivity index (χ3n) is 3.92. The van der Waals surface area contributed by atoms with Crippen molar-refractivity contribution in [2.24, 2.45) is 11.8 Å². The number of carbonyl (C=O) groups is 1. The van der Waals surface area contributed by atoms with Crippen molar-refractivity contribution in [3.8, 4) is 11.9 Å². The van der Waals surface area contributed by atoms with Gasteiger partial charge >= 0.3 is 6.09 Å². The van der Waals surface area contributed by atoms with Crippen LogP contribution in [0.4, 0.5) is 4.79 Å². The zero-order valence-electron chi connectivity index (χ0n) is 13.2. The fraction of sp³-hybridized carbons (Fsp3) is 0.562. The third-order valence-corrected chi connectivity index (χ3v) is 4.12. The lowest BCUT2D eigenvalue weighted by atomic mass is 10.2. The van der Waals surface area contributed by atoms with Gasteiger partial charge in [-0.3, -0.25) is 0 Å². The normalized spacial score (nSPS) is 25.5. The molecule has 1 unspecified atom stereocenters. The van der Waals surface area contributed by atoms with Crippen molar-refractivity contribution in [3.63, 3.8) is 0 Å². The number of ether oxygens (including phenoxy) is 2. The van der Waals surface area contributed by atoms with Crippen molar-refractivity contribution in [1.29, 1.82) is 5.26 Å². The molecule has 0 N–H and O–H groups in total. The Bertz CT molecular complexity index is 668. The number of halogens is 1. The Balaban J connectivity index is 1.56. The number of amides is 1. The van der Waals surface area contributed by atoms with Crippen molar-refractivity contribution in [1.82, 2.24) is 9.88 Å². The summed E-state index contributed by atoms with van der Waals surface area (Å²) < 4.78 is 11.2. The summed E-state index contributed by atoms with van der Waals surface area (Å²) in [5.41, 5.74) is -0.0702. The van der Waals surface area contributed by atoms with Crippen molar-refractivity contribution >= 4 is 17.7 Å². The SMILES string of the molecule is CC(C)(C)OC(=O)N1C[C@@H]2C(Oc3cc(C#N)cc(Cl)n3)[C@@H]2C1. The highest BCUT2D eigenvalue weighted by atomic mass is 35.5. The van der Waals surface area contributed by atoms with Crippen LogP contribution in [-0.4, -0.2) is 40.8 Å². The van der Waals surface area contributed by atoms with Gasteiger partial charge in [0.05, 0.1) is 11.6 Å². The van der Waals surface area contributed by atoms with E-state index in [2.05, 4.69) is 4.98 Å². The number of rotatable bonds is 2. The lowest BCUT2D eigenvalue weighted by Crippen LogP contribution is -2.38. The lowest BCUT2D eigenvalue weighted by molar-refractivity contribution is 0.0252. The highest BCUT2D eigenvalue weighted by molar-refractivity contribution is 6.29. The number of nitriles is 1. The fourth-order valence-corrected chi connectivity index (χ4v) is 3.06. The van der Waals surface area contributed by atoms with Gasteiger partial charge in [0.1, 0.15) is 16.9 Å². The van der Waals surface area contributed by atoms with Crippen LogP contribution in [0.3, 0.4) is 0 Å². The molecule has 1 amide bonds. The van der Waals surface area contributed by atoms with Gasteiger partial charge in [-0.05, 0) is 26.8 Å². The van der Waals surface area contributed by atoms with Crippen LogP contribution in [0.25, 0.3) is 0 Å². The second-order valence-electron chi connectivity index (χ2n) is 6.92. The molecule has 2 heterocycles. The van der Waals surface area contributed by atoms with Crippen LogP contribution in [-0.2, 0) is 4.74 Å². The molecule has 3 rings (SSSR count). The Labute approximate surface area is 139 Å². The van der Waals surface area contributed by atoms with E-state index in [-0.39, 0.29) is 29.2 Å². The molecule has 0 radical (unpaired) electrons. The summed E-state index contributed by atoms with van der Waals surface area (Å²) in [4.78, 5) is 17.8. The van der Waals surface area contributed by atoms with Crippen LogP contribution >= 0.6 is 11.6 Å². The number of nitrogens with zero attached hydrogens (tertiary/aromatic N) is 3. The van der Waals surface area contributed by atoms with Crippen molar-refractivity contribution in [3.05, 3.63) is 22.8 Å². The summed E-state index contributed by atoms with van der Waals surface area (Å²) >= 11 is 5.87. The molecule has 0 aromatic carbocycles. The number of aromatic nitrogens is 1. The fourth-order valence-electron chi connectivity index (χ4n) is 2.86. The Hall–Kier alpha value is -2.00. The Morgan fingerprint density at radius 2 is 2.04 bits per heavy atom. The molecule has 3 atom stereocenters. The number of fused-ring (bicyclic) bond motifs is 1. The second kappa shape index (κ2) is 5.57. The number of likely N-dealkylation sites (tertiary alicyclic amines) is 1. The number of piperidine rings is 1. The zero-order chi connectivity index (χ0) is 16.8. The summed E-state index contributed by atoms with van der Waals surface area (Å²) in [6.45, 7) is 6.80. The largest absolute Gasteiger partial charge is 0.474 e. The van der Waals surface area contributed by atoms with Crippen LogP contribution in [0.5, 0.6) is 5.88 Å². The van der Waals surface area contributed by atoms with Crippen LogP contribution in [0.15, 0.2) is 12.1 Å². The monoisotopic (exact) mass is 335 g/mol. The average Bonchev–Trinajstić information content (AvgIpc) is 2.89. The van der Waals surface area contributed by atoms with E-state index in [4.69, 9.17) is 26.3 Å². The smallest absolute Gasteiger partial charge is 0.410 e. The van der Waals surface area contributed by atoms with Gasteiger partial charge in [0.15, 0.2) is 0 Å². The minimum Gasteiger partial charge on any atom is -0.474 e. The topological polar surface area (TPSA) is 75.4 Å². The Morgan fingerprint density at radius 1 is 1.39 bits per heavy atom. The van der Waals surface area contributed by atoms with E-state index >= 15 is 0 Å². The van der Waals surface area contributed by atoms with E-state index in [0.717, 1.165) is 0 Å². The van der Waals surface area contributed by atoms with Crippen molar-refractivity contribution in [2.45, 2.75) is 32.5 Å². The number of carbonyl (C=O) groups excluding carboxylic acids is 1. The van der Waals surface area contributed by atoms with Crippen LogP contribution in [0, 0.1) is 23.2 Å². The first kappa shape index (κ1) is 15.9. The zero-order valence-corrected chi connectivity index (χ0v) is 14.0. The Morgan fingerprint density at radius 3 is 2.61 bits per heavy atom. The predicted octanol–water partition coefficient (Wildman–Crippen LogP) is 2.85. The van der Waals surface area contributed by atoms with Crippen LogP contribution in [0.1, 0.15) is 26.3 Å². The average molecular weight is 336 g/mol. The van der Waals surface area contributed by atoms with E-state index in [1.54, 1.807) is 11.0 Å². The molecular weight excluding hydrogens is 318 g/mol. The van der Waals surface area contributed by atoms with E-state index in [9.17, 15) is 4.79 Å². The first-order valence-corrected chi connectivity index (χ1v) is 7.87. The number of hydrogen-bond acceptors (Lipinski definition) is 5. The van der Waals surface area contributed by atoms with Gasteiger partial charge in [0, 0.05) is 31.0 Å². The molecule has 23 heavy (non-hydrogen) atoms. The molecule has 7 heteroatoms. The maximum absolute atomic E-state index is 12.0. The first-order chi connectivity index (χ1) is 10.8.